The van der Waals surface area contributed by atoms with E-state index in [-0.39, 0.29) is 0 Å². The Bertz CT molecular complexity index is 508. The average Bonchev–Trinajstić information content (AvgIpc) is 2.87. The lowest BCUT2D eigenvalue weighted by Crippen LogP contribution is -2.31. The summed E-state index contributed by atoms with van der Waals surface area (Å²) in [6.07, 6.45) is 11.3. The van der Waals surface area contributed by atoms with Gasteiger partial charge in [-0.15, -0.1) is 0 Å². The molecule has 0 aliphatic heterocycles. The molecule has 0 aliphatic carbocycles. The molecule has 0 bridgehead atoms. The zero-order valence-corrected chi connectivity index (χ0v) is 12.5. The SMILES string of the molecule is CCCn1ccnc1CN(C)C(C)Cc1cnccn1. The Labute approximate surface area is 120 Å². The first-order chi connectivity index (χ1) is 9.70. The van der Waals surface area contributed by atoms with Gasteiger partial charge in [0.15, 0.2) is 0 Å². The number of nitrogens with zero attached hydrogens (tertiary/aromatic N) is 5. The molecule has 2 rings (SSSR count). The van der Waals surface area contributed by atoms with Gasteiger partial charge in [0.05, 0.1) is 12.2 Å². The van der Waals surface area contributed by atoms with Crippen LogP contribution in [-0.2, 0) is 19.5 Å². The van der Waals surface area contributed by atoms with Crippen molar-refractivity contribution in [3.05, 3.63) is 42.5 Å². The number of hydrogen-bond donors (Lipinski definition) is 0. The summed E-state index contributed by atoms with van der Waals surface area (Å²) >= 11 is 0. The van der Waals surface area contributed by atoms with E-state index in [9.17, 15) is 0 Å². The Morgan fingerprint density at radius 1 is 1.25 bits per heavy atom. The van der Waals surface area contributed by atoms with E-state index < -0.39 is 0 Å². The lowest BCUT2D eigenvalue weighted by atomic mass is 10.1. The molecule has 0 amide bonds. The van der Waals surface area contributed by atoms with E-state index in [0.717, 1.165) is 37.4 Å². The summed E-state index contributed by atoms with van der Waals surface area (Å²) in [5.41, 5.74) is 1.03. The third-order valence-electron chi connectivity index (χ3n) is 3.53. The lowest BCUT2D eigenvalue weighted by Gasteiger charge is -2.24. The van der Waals surface area contributed by atoms with E-state index in [4.69, 9.17) is 0 Å². The van der Waals surface area contributed by atoms with Crippen molar-refractivity contribution in [1.29, 1.82) is 0 Å². The van der Waals surface area contributed by atoms with E-state index in [1.165, 1.54) is 0 Å². The molecule has 108 valence electrons. The van der Waals surface area contributed by atoms with Gasteiger partial charge in [-0.3, -0.25) is 14.9 Å². The number of imidazole rings is 1. The third-order valence-corrected chi connectivity index (χ3v) is 3.53. The molecule has 0 saturated heterocycles. The first-order valence-corrected chi connectivity index (χ1v) is 7.15. The highest BCUT2D eigenvalue weighted by atomic mass is 15.2. The summed E-state index contributed by atoms with van der Waals surface area (Å²) in [5, 5.41) is 0. The summed E-state index contributed by atoms with van der Waals surface area (Å²) in [6.45, 7) is 6.28. The van der Waals surface area contributed by atoms with Gasteiger partial charge in [0.1, 0.15) is 5.82 Å². The Hall–Kier alpha value is -1.75. The summed E-state index contributed by atoms with van der Waals surface area (Å²) in [6, 6.07) is 0.401. The number of hydrogen-bond acceptors (Lipinski definition) is 4. The highest BCUT2D eigenvalue weighted by molar-refractivity contribution is 4.98. The van der Waals surface area contributed by atoms with Crippen LogP contribution in [0.4, 0.5) is 0 Å². The molecule has 2 heterocycles. The van der Waals surface area contributed by atoms with Crippen molar-refractivity contribution in [3.8, 4) is 0 Å². The van der Waals surface area contributed by atoms with Crippen molar-refractivity contribution >= 4 is 0 Å². The average molecular weight is 273 g/mol. The van der Waals surface area contributed by atoms with Gasteiger partial charge in [0.2, 0.25) is 0 Å². The van der Waals surface area contributed by atoms with Crippen LogP contribution in [0, 0.1) is 0 Å². The van der Waals surface area contributed by atoms with Crippen molar-refractivity contribution in [2.75, 3.05) is 7.05 Å². The Kier molecular flexibility index (Phi) is 5.24. The second-order valence-electron chi connectivity index (χ2n) is 5.20. The molecule has 0 N–H and O–H groups in total. The first kappa shape index (κ1) is 14.7. The van der Waals surface area contributed by atoms with Crippen LogP contribution < -0.4 is 0 Å². The van der Waals surface area contributed by atoms with E-state index in [1.807, 2.05) is 12.4 Å². The van der Waals surface area contributed by atoms with Crippen LogP contribution in [0.15, 0.2) is 31.0 Å². The predicted octanol–water partition coefficient (Wildman–Crippen LogP) is 2.15. The fourth-order valence-electron chi connectivity index (χ4n) is 2.21. The molecule has 0 aliphatic rings. The van der Waals surface area contributed by atoms with Crippen LogP contribution in [0.5, 0.6) is 0 Å². The van der Waals surface area contributed by atoms with E-state index in [2.05, 4.69) is 51.5 Å². The second-order valence-corrected chi connectivity index (χ2v) is 5.20. The minimum Gasteiger partial charge on any atom is -0.334 e. The van der Waals surface area contributed by atoms with E-state index >= 15 is 0 Å². The van der Waals surface area contributed by atoms with Crippen molar-refractivity contribution in [1.82, 2.24) is 24.4 Å². The summed E-state index contributed by atoms with van der Waals surface area (Å²) in [4.78, 5) is 15.2. The van der Waals surface area contributed by atoms with Crippen LogP contribution in [0.3, 0.4) is 0 Å². The number of aromatic nitrogens is 4. The molecule has 0 saturated carbocycles. The quantitative estimate of drug-likeness (QED) is 0.775. The van der Waals surface area contributed by atoms with Gasteiger partial charge in [0, 0.05) is 50.0 Å². The van der Waals surface area contributed by atoms with E-state index in [1.54, 1.807) is 12.4 Å². The zero-order chi connectivity index (χ0) is 14.4. The van der Waals surface area contributed by atoms with Gasteiger partial charge in [-0.25, -0.2) is 4.98 Å². The van der Waals surface area contributed by atoms with Gasteiger partial charge >= 0.3 is 0 Å². The normalized spacial score (nSPS) is 12.8. The van der Waals surface area contributed by atoms with E-state index in [0.29, 0.717) is 6.04 Å². The topological polar surface area (TPSA) is 46.8 Å². The second kappa shape index (κ2) is 7.14. The smallest absolute Gasteiger partial charge is 0.122 e. The van der Waals surface area contributed by atoms with Crippen molar-refractivity contribution in [2.45, 2.75) is 45.8 Å². The van der Waals surface area contributed by atoms with Crippen molar-refractivity contribution in [2.24, 2.45) is 0 Å². The Balaban J connectivity index is 1.93. The van der Waals surface area contributed by atoms with Gasteiger partial charge in [-0.1, -0.05) is 6.92 Å². The maximum atomic E-state index is 4.46. The fraction of sp³-hybridized carbons (Fsp3) is 0.533. The molecule has 2 aromatic rings. The maximum absolute atomic E-state index is 4.46. The maximum Gasteiger partial charge on any atom is 0.122 e. The molecule has 5 heteroatoms. The van der Waals surface area contributed by atoms with Gasteiger partial charge in [0.25, 0.3) is 0 Å². The summed E-state index contributed by atoms with van der Waals surface area (Å²) in [7, 11) is 2.13. The molecular formula is C15H23N5. The summed E-state index contributed by atoms with van der Waals surface area (Å²) in [5.74, 6) is 1.13. The molecule has 1 unspecified atom stereocenters. The minimum atomic E-state index is 0.401. The van der Waals surface area contributed by atoms with Crippen LogP contribution in [0.25, 0.3) is 0 Å². The first-order valence-electron chi connectivity index (χ1n) is 7.15. The molecule has 5 nitrogen and oxygen atoms in total. The van der Waals surface area contributed by atoms with Gasteiger partial charge in [-0.05, 0) is 20.4 Å². The molecule has 0 spiro atoms. The molecule has 2 aromatic heterocycles. The number of likely N-dealkylation sites (N-methyl/N-ethyl adjacent to an activating group) is 1. The molecule has 0 fully saturated rings. The molecule has 20 heavy (non-hydrogen) atoms. The van der Waals surface area contributed by atoms with Crippen molar-refractivity contribution < 1.29 is 0 Å². The molecule has 0 aromatic carbocycles. The molecule has 1 atom stereocenters. The van der Waals surface area contributed by atoms with Crippen LogP contribution in [0.2, 0.25) is 0 Å². The number of aryl methyl sites for hydroxylation is 1. The van der Waals surface area contributed by atoms with Crippen LogP contribution in [0.1, 0.15) is 31.8 Å². The fourth-order valence-corrected chi connectivity index (χ4v) is 2.21. The number of rotatable bonds is 7. The highest BCUT2D eigenvalue weighted by Gasteiger charge is 2.13. The standard InChI is InChI=1S/C15H23N5/c1-4-8-20-9-7-18-15(20)12-19(3)13(2)10-14-11-16-5-6-17-14/h5-7,9,11,13H,4,8,10,12H2,1-3H3. The molecular weight excluding hydrogens is 250 g/mol. The Morgan fingerprint density at radius 3 is 2.80 bits per heavy atom. The molecule has 0 radical (unpaired) electrons. The summed E-state index contributed by atoms with van der Waals surface area (Å²) < 4.78 is 2.23. The lowest BCUT2D eigenvalue weighted by molar-refractivity contribution is 0.237. The largest absolute Gasteiger partial charge is 0.334 e. The van der Waals surface area contributed by atoms with Crippen molar-refractivity contribution in [3.63, 3.8) is 0 Å². The Morgan fingerprint density at radius 2 is 2.10 bits per heavy atom. The monoisotopic (exact) mass is 273 g/mol. The predicted molar refractivity (Wildman–Crippen MR) is 79.2 cm³/mol. The third kappa shape index (κ3) is 3.87. The minimum absolute atomic E-state index is 0.401. The highest BCUT2D eigenvalue weighted by Crippen LogP contribution is 2.09. The van der Waals surface area contributed by atoms with Crippen LogP contribution >= 0.6 is 0 Å². The zero-order valence-electron chi connectivity index (χ0n) is 12.5. The van der Waals surface area contributed by atoms with Crippen LogP contribution in [-0.4, -0.2) is 37.5 Å². The van der Waals surface area contributed by atoms with Gasteiger partial charge in [-0.2, -0.15) is 0 Å². The van der Waals surface area contributed by atoms with Gasteiger partial charge < -0.3 is 4.57 Å².